The third-order valence-electron chi connectivity index (χ3n) is 3.56. The summed E-state index contributed by atoms with van der Waals surface area (Å²) in [7, 11) is 0. The quantitative estimate of drug-likeness (QED) is 0.645. The molecule has 0 N–H and O–H groups in total. The minimum atomic E-state index is 0.0747. The molecule has 24 heavy (non-hydrogen) atoms. The van der Waals surface area contributed by atoms with Crippen molar-refractivity contribution in [3.05, 3.63) is 54.4 Å². The Bertz CT molecular complexity index is 785. The Morgan fingerprint density at radius 3 is 2.75 bits per heavy atom. The van der Waals surface area contributed by atoms with Crippen molar-refractivity contribution in [3.63, 3.8) is 0 Å². The van der Waals surface area contributed by atoms with Crippen molar-refractivity contribution in [1.29, 1.82) is 0 Å². The first-order valence-electron chi connectivity index (χ1n) is 7.77. The Morgan fingerprint density at radius 2 is 2.04 bits per heavy atom. The number of hydrogen-bond acceptors (Lipinski definition) is 5. The van der Waals surface area contributed by atoms with Gasteiger partial charge in [-0.2, -0.15) is 4.98 Å². The van der Waals surface area contributed by atoms with Gasteiger partial charge in [-0.3, -0.25) is 4.79 Å². The number of fused-ring (bicyclic) bond motifs is 1. The van der Waals surface area contributed by atoms with Gasteiger partial charge < -0.3 is 4.90 Å². The normalized spacial score (nSPS) is 11.1. The van der Waals surface area contributed by atoms with E-state index in [-0.39, 0.29) is 11.9 Å². The second kappa shape index (κ2) is 7.44. The Balaban J connectivity index is 1.65. The van der Waals surface area contributed by atoms with E-state index >= 15 is 0 Å². The average Bonchev–Trinajstić information content (AvgIpc) is 3.01. The van der Waals surface area contributed by atoms with Gasteiger partial charge >= 0.3 is 0 Å². The summed E-state index contributed by atoms with van der Waals surface area (Å²) in [5.41, 5.74) is 1.12. The number of aromatic nitrogens is 4. The van der Waals surface area contributed by atoms with Gasteiger partial charge in [-0.25, -0.2) is 9.50 Å². The number of carbonyl (C=O) groups excluding carboxylic acids is 1. The fourth-order valence-corrected chi connectivity index (χ4v) is 3.03. The molecule has 1 amide bonds. The number of hydrogen-bond donors (Lipinski definition) is 0. The van der Waals surface area contributed by atoms with E-state index in [1.165, 1.54) is 11.8 Å². The molecule has 0 radical (unpaired) electrons. The molecule has 7 heteroatoms. The van der Waals surface area contributed by atoms with Crippen molar-refractivity contribution < 1.29 is 4.79 Å². The summed E-state index contributed by atoms with van der Waals surface area (Å²) in [6.07, 6.45) is 3.46. The van der Waals surface area contributed by atoms with Gasteiger partial charge in [0.15, 0.2) is 0 Å². The zero-order valence-corrected chi connectivity index (χ0v) is 14.5. The lowest BCUT2D eigenvalue weighted by Gasteiger charge is -2.26. The van der Waals surface area contributed by atoms with E-state index < -0.39 is 0 Å². The molecule has 124 valence electrons. The molecule has 0 bridgehead atoms. The van der Waals surface area contributed by atoms with E-state index in [1.54, 1.807) is 23.0 Å². The van der Waals surface area contributed by atoms with Crippen LogP contribution in [0.2, 0.25) is 0 Å². The Morgan fingerprint density at radius 1 is 1.25 bits per heavy atom. The topological polar surface area (TPSA) is 63.4 Å². The van der Waals surface area contributed by atoms with Crippen LogP contribution in [0.5, 0.6) is 0 Å². The predicted octanol–water partition coefficient (Wildman–Crippen LogP) is 2.65. The molecule has 3 rings (SSSR count). The van der Waals surface area contributed by atoms with Crippen molar-refractivity contribution in [2.24, 2.45) is 0 Å². The first kappa shape index (κ1) is 16.4. The summed E-state index contributed by atoms with van der Waals surface area (Å²) < 4.78 is 1.61. The third-order valence-corrected chi connectivity index (χ3v) is 4.38. The van der Waals surface area contributed by atoms with Crippen LogP contribution in [-0.2, 0) is 11.3 Å². The number of amides is 1. The molecule has 0 saturated carbocycles. The van der Waals surface area contributed by atoms with Crippen molar-refractivity contribution in [2.75, 3.05) is 5.75 Å². The van der Waals surface area contributed by atoms with Crippen molar-refractivity contribution in [2.45, 2.75) is 31.6 Å². The maximum Gasteiger partial charge on any atom is 0.253 e. The van der Waals surface area contributed by atoms with E-state index in [9.17, 15) is 4.79 Å². The molecular formula is C17H19N5OS. The van der Waals surface area contributed by atoms with Crippen LogP contribution in [0.15, 0.2) is 53.9 Å². The highest BCUT2D eigenvalue weighted by atomic mass is 32.2. The van der Waals surface area contributed by atoms with Crippen LogP contribution >= 0.6 is 11.8 Å². The maximum absolute atomic E-state index is 12.6. The molecule has 2 heterocycles. The highest BCUT2D eigenvalue weighted by Crippen LogP contribution is 2.16. The fraction of sp³-hybridized carbons (Fsp3) is 0.294. The predicted molar refractivity (Wildman–Crippen MR) is 93.6 cm³/mol. The molecule has 0 aliphatic heterocycles. The zero-order valence-electron chi connectivity index (χ0n) is 13.7. The van der Waals surface area contributed by atoms with E-state index in [0.29, 0.717) is 23.2 Å². The van der Waals surface area contributed by atoms with Crippen LogP contribution in [0.25, 0.3) is 5.78 Å². The van der Waals surface area contributed by atoms with Gasteiger partial charge in [0, 0.05) is 25.0 Å². The molecule has 0 saturated heterocycles. The summed E-state index contributed by atoms with van der Waals surface area (Å²) >= 11 is 1.34. The highest BCUT2D eigenvalue weighted by molar-refractivity contribution is 7.99. The van der Waals surface area contributed by atoms with Gasteiger partial charge in [-0.15, -0.1) is 5.10 Å². The molecule has 2 aromatic heterocycles. The maximum atomic E-state index is 12.6. The zero-order chi connectivity index (χ0) is 16.9. The molecule has 0 aliphatic carbocycles. The van der Waals surface area contributed by atoms with Crippen LogP contribution in [0, 0.1) is 0 Å². The molecule has 0 atom stereocenters. The number of thioether (sulfide) groups is 1. The molecule has 3 aromatic rings. The third kappa shape index (κ3) is 3.91. The minimum absolute atomic E-state index is 0.0747. The van der Waals surface area contributed by atoms with Gasteiger partial charge in [0.2, 0.25) is 11.1 Å². The van der Waals surface area contributed by atoms with Gasteiger partial charge in [-0.05, 0) is 25.5 Å². The van der Waals surface area contributed by atoms with Crippen LogP contribution in [0.4, 0.5) is 0 Å². The standard InChI is InChI=1S/C17H19N5OS/c1-13(2)21(11-14-7-4-3-5-8-14)15(23)12-24-17-19-16-18-9-6-10-22(16)20-17/h3-10,13H,11-12H2,1-2H3. The van der Waals surface area contributed by atoms with E-state index in [1.807, 2.05) is 49.1 Å². The van der Waals surface area contributed by atoms with Gasteiger partial charge in [0.25, 0.3) is 5.78 Å². The molecule has 0 fully saturated rings. The molecule has 0 unspecified atom stereocenters. The number of carbonyl (C=O) groups is 1. The Kier molecular flexibility index (Phi) is 5.10. The van der Waals surface area contributed by atoms with Crippen LogP contribution in [0.1, 0.15) is 19.4 Å². The highest BCUT2D eigenvalue weighted by Gasteiger charge is 2.18. The van der Waals surface area contributed by atoms with Crippen molar-refractivity contribution >= 4 is 23.4 Å². The summed E-state index contributed by atoms with van der Waals surface area (Å²) in [6.45, 7) is 4.66. The SMILES string of the molecule is CC(C)N(Cc1ccccc1)C(=O)CSc1nc2ncccn2n1. The molecule has 1 aromatic carbocycles. The largest absolute Gasteiger partial charge is 0.335 e. The van der Waals surface area contributed by atoms with E-state index in [4.69, 9.17) is 0 Å². The fourth-order valence-electron chi connectivity index (χ4n) is 2.32. The van der Waals surface area contributed by atoms with Gasteiger partial charge in [0.05, 0.1) is 5.75 Å². The van der Waals surface area contributed by atoms with Gasteiger partial charge in [0.1, 0.15) is 0 Å². The number of rotatable bonds is 6. The number of nitrogens with zero attached hydrogens (tertiary/aromatic N) is 5. The second-order valence-corrected chi connectivity index (χ2v) is 6.59. The van der Waals surface area contributed by atoms with E-state index in [2.05, 4.69) is 15.1 Å². The van der Waals surface area contributed by atoms with Crippen molar-refractivity contribution in [1.82, 2.24) is 24.5 Å². The summed E-state index contributed by atoms with van der Waals surface area (Å²) in [4.78, 5) is 22.9. The summed E-state index contributed by atoms with van der Waals surface area (Å²) in [6, 6.07) is 11.9. The molecule has 0 aliphatic rings. The Hall–Kier alpha value is -2.41. The van der Waals surface area contributed by atoms with Crippen LogP contribution in [-0.4, -0.2) is 42.2 Å². The Labute approximate surface area is 144 Å². The van der Waals surface area contributed by atoms with E-state index in [0.717, 1.165) is 5.56 Å². The lowest BCUT2D eigenvalue weighted by molar-refractivity contribution is -0.130. The minimum Gasteiger partial charge on any atom is -0.335 e. The van der Waals surface area contributed by atoms with Crippen molar-refractivity contribution in [3.8, 4) is 0 Å². The smallest absolute Gasteiger partial charge is 0.253 e. The number of benzene rings is 1. The monoisotopic (exact) mass is 341 g/mol. The average molecular weight is 341 g/mol. The molecule has 6 nitrogen and oxygen atoms in total. The van der Waals surface area contributed by atoms with Crippen LogP contribution in [0.3, 0.4) is 0 Å². The van der Waals surface area contributed by atoms with Gasteiger partial charge in [-0.1, -0.05) is 42.1 Å². The lowest BCUT2D eigenvalue weighted by atomic mass is 10.2. The van der Waals surface area contributed by atoms with Crippen LogP contribution < -0.4 is 0 Å². The second-order valence-electron chi connectivity index (χ2n) is 5.65. The lowest BCUT2D eigenvalue weighted by Crippen LogP contribution is -2.37. The summed E-state index contributed by atoms with van der Waals surface area (Å²) in [5, 5.41) is 4.87. The molecule has 0 spiro atoms. The molecular weight excluding hydrogens is 322 g/mol. The first-order valence-corrected chi connectivity index (χ1v) is 8.75. The first-order chi connectivity index (χ1) is 11.6. The summed E-state index contributed by atoms with van der Waals surface area (Å²) in [5.74, 6) is 0.921.